The molecule has 0 aliphatic carbocycles. The summed E-state index contributed by atoms with van der Waals surface area (Å²) in [5.74, 6) is 0.444. The van der Waals surface area contributed by atoms with Gasteiger partial charge in [0.25, 0.3) is 0 Å². The molecule has 0 saturated carbocycles. The zero-order chi connectivity index (χ0) is 20.8. The Bertz CT molecular complexity index is 853. The highest BCUT2D eigenvalue weighted by molar-refractivity contribution is 5.96. The number of ketones is 1. The zero-order valence-corrected chi connectivity index (χ0v) is 16.9. The van der Waals surface area contributed by atoms with Crippen molar-refractivity contribution < 1.29 is 18.7 Å². The summed E-state index contributed by atoms with van der Waals surface area (Å²) < 4.78 is 18.3. The number of methoxy groups -OCH3 is 1. The van der Waals surface area contributed by atoms with Gasteiger partial charge in [-0.15, -0.1) is 0 Å². The molecule has 1 aliphatic rings. The molecule has 0 spiro atoms. The summed E-state index contributed by atoms with van der Waals surface area (Å²) >= 11 is 0. The average Bonchev–Trinajstić information content (AvgIpc) is 2.74. The highest BCUT2D eigenvalue weighted by Gasteiger charge is 2.28. The van der Waals surface area contributed by atoms with Crippen molar-refractivity contribution >= 4 is 11.7 Å². The van der Waals surface area contributed by atoms with Gasteiger partial charge in [0, 0.05) is 38.0 Å². The molecule has 0 bridgehead atoms. The molecule has 1 atom stereocenters. The fraction of sp³-hybridized carbons (Fsp3) is 0.391. The van der Waals surface area contributed by atoms with Gasteiger partial charge in [-0.3, -0.25) is 14.5 Å². The number of ether oxygens (including phenoxy) is 1. The third-order valence-electron chi connectivity index (χ3n) is 5.44. The van der Waals surface area contributed by atoms with E-state index in [0.717, 1.165) is 17.9 Å². The van der Waals surface area contributed by atoms with E-state index in [-0.39, 0.29) is 30.0 Å². The maximum absolute atomic E-state index is 13.0. The van der Waals surface area contributed by atoms with E-state index in [9.17, 15) is 14.0 Å². The van der Waals surface area contributed by atoms with E-state index in [2.05, 4.69) is 18.0 Å². The number of likely N-dealkylation sites (N-methyl/N-ethyl adjacent to an activating group) is 1. The largest absolute Gasteiger partial charge is 0.497 e. The Labute approximate surface area is 171 Å². The fourth-order valence-electron chi connectivity index (χ4n) is 3.65. The molecule has 154 valence electrons. The molecule has 6 heteroatoms. The fourth-order valence-corrected chi connectivity index (χ4v) is 3.65. The summed E-state index contributed by atoms with van der Waals surface area (Å²) in [6.45, 7) is 2.10. The predicted molar refractivity (Wildman–Crippen MR) is 110 cm³/mol. The summed E-state index contributed by atoms with van der Waals surface area (Å²) in [7, 11) is 3.71. The van der Waals surface area contributed by atoms with Crippen molar-refractivity contribution in [1.82, 2.24) is 9.80 Å². The van der Waals surface area contributed by atoms with E-state index in [0.29, 0.717) is 31.5 Å². The topological polar surface area (TPSA) is 49.9 Å². The second kappa shape index (κ2) is 9.65. The third kappa shape index (κ3) is 5.41. The van der Waals surface area contributed by atoms with E-state index in [4.69, 9.17) is 4.74 Å². The molecule has 2 aromatic carbocycles. The van der Waals surface area contributed by atoms with Crippen LogP contribution in [0.3, 0.4) is 0 Å². The number of hydrogen-bond donors (Lipinski definition) is 0. The molecule has 0 aromatic heterocycles. The van der Waals surface area contributed by atoms with E-state index in [1.807, 2.05) is 23.1 Å². The molecule has 1 heterocycles. The Hall–Kier alpha value is -2.73. The summed E-state index contributed by atoms with van der Waals surface area (Å²) in [5.41, 5.74) is 1.60. The number of carbonyl (C=O) groups excluding carboxylic acids is 2. The second-order valence-electron chi connectivity index (χ2n) is 7.40. The van der Waals surface area contributed by atoms with Gasteiger partial charge in [-0.2, -0.15) is 0 Å². The second-order valence-corrected chi connectivity index (χ2v) is 7.40. The van der Waals surface area contributed by atoms with Gasteiger partial charge in [-0.1, -0.05) is 12.1 Å². The predicted octanol–water partition coefficient (Wildman–Crippen LogP) is 3.70. The summed E-state index contributed by atoms with van der Waals surface area (Å²) in [6, 6.07) is 13.6. The lowest BCUT2D eigenvalue weighted by Gasteiger charge is -2.40. The molecule has 1 amide bonds. The molecule has 0 radical (unpaired) electrons. The highest BCUT2D eigenvalue weighted by Crippen LogP contribution is 2.27. The lowest BCUT2D eigenvalue weighted by molar-refractivity contribution is -0.134. The normalized spacial score (nSPS) is 17.2. The number of Topliss-reactive ketones (excluding diaryl/α,β-unsaturated/α-hetero) is 1. The first-order valence-corrected chi connectivity index (χ1v) is 9.88. The number of hydrogen-bond acceptors (Lipinski definition) is 4. The number of benzene rings is 2. The van der Waals surface area contributed by atoms with Crippen LogP contribution in [0.15, 0.2) is 48.5 Å². The van der Waals surface area contributed by atoms with Crippen molar-refractivity contribution in [2.45, 2.75) is 25.3 Å². The SMILES string of the molecule is COc1cccc(C2CN(C(=O)CCCC(=O)c3ccc(F)cc3)CCN2C)c1. The number of halogens is 1. The molecule has 1 unspecified atom stereocenters. The third-order valence-corrected chi connectivity index (χ3v) is 5.44. The Morgan fingerprint density at radius 3 is 2.59 bits per heavy atom. The minimum absolute atomic E-state index is 0.0644. The first-order valence-electron chi connectivity index (χ1n) is 9.88. The van der Waals surface area contributed by atoms with Gasteiger partial charge < -0.3 is 9.64 Å². The number of piperazine rings is 1. The summed E-state index contributed by atoms with van der Waals surface area (Å²) in [5, 5.41) is 0. The Balaban J connectivity index is 1.53. The molecule has 1 aliphatic heterocycles. The van der Waals surface area contributed by atoms with Crippen LogP contribution in [0.4, 0.5) is 4.39 Å². The lowest BCUT2D eigenvalue weighted by Crippen LogP contribution is -2.48. The number of amides is 1. The first-order chi connectivity index (χ1) is 14.0. The minimum atomic E-state index is -0.364. The van der Waals surface area contributed by atoms with Crippen LogP contribution in [-0.4, -0.2) is 55.3 Å². The van der Waals surface area contributed by atoms with E-state index in [1.54, 1.807) is 7.11 Å². The van der Waals surface area contributed by atoms with Gasteiger partial charge in [-0.05, 0) is 55.4 Å². The van der Waals surface area contributed by atoms with Crippen LogP contribution in [0.25, 0.3) is 0 Å². The van der Waals surface area contributed by atoms with Crippen LogP contribution in [0, 0.1) is 5.82 Å². The van der Waals surface area contributed by atoms with Crippen LogP contribution < -0.4 is 4.74 Å². The van der Waals surface area contributed by atoms with Crippen molar-refractivity contribution in [3.63, 3.8) is 0 Å². The number of rotatable bonds is 7. The lowest BCUT2D eigenvalue weighted by atomic mass is 10.0. The van der Waals surface area contributed by atoms with Crippen LogP contribution in [0.2, 0.25) is 0 Å². The standard InChI is InChI=1S/C23H27FN2O3/c1-25-13-14-26(16-21(25)18-5-3-6-20(15-18)29-2)23(28)8-4-7-22(27)17-9-11-19(24)12-10-17/h3,5-6,9-12,15,21H,4,7-8,13-14,16H2,1-2H3. The van der Waals surface area contributed by atoms with Crippen LogP contribution in [0.1, 0.15) is 41.2 Å². The number of nitrogens with zero attached hydrogens (tertiary/aromatic N) is 2. The quantitative estimate of drug-likeness (QED) is 0.668. The van der Waals surface area contributed by atoms with E-state index < -0.39 is 0 Å². The Kier molecular flexibility index (Phi) is 6.99. The first kappa shape index (κ1) is 21.0. The van der Waals surface area contributed by atoms with Crippen LogP contribution in [-0.2, 0) is 4.79 Å². The summed E-state index contributed by atoms with van der Waals surface area (Å²) in [6.07, 6.45) is 1.11. The van der Waals surface area contributed by atoms with Crippen molar-refractivity contribution in [3.8, 4) is 5.75 Å². The minimum Gasteiger partial charge on any atom is -0.497 e. The van der Waals surface area contributed by atoms with E-state index in [1.165, 1.54) is 24.3 Å². The molecule has 29 heavy (non-hydrogen) atoms. The Morgan fingerprint density at radius 2 is 1.86 bits per heavy atom. The van der Waals surface area contributed by atoms with Gasteiger partial charge in [-0.25, -0.2) is 4.39 Å². The van der Waals surface area contributed by atoms with E-state index >= 15 is 0 Å². The van der Waals surface area contributed by atoms with Crippen molar-refractivity contribution in [1.29, 1.82) is 0 Å². The zero-order valence-electron chi connectivity index (χ0n) is 16.9. The number of carbonyl (C=O) groups is 2. The smallest absolute Gasteiger partial charge is 0.222 e. The van der Waals surface area contributed by atoms with Crippen molar-refractivity contribution in [2.75, 3.05) is 33.8 Å². The molecule has 2 aromatic rings. The molecular weight excluding hydrogens is 371 g/mol. The highest BCUT2D eigenvalue weighted by atomic mass is 19.1. The monoisotopic (exact) mass is 398 g/mol. The van der Waals surface area contributed by atoms with Gasteiger partial charge in [0.15, 0.2) is 5.78 Å². The van der Waals surface area contributed by atoms with Gasteiger partial charge >= 0.3 is 0 Å². The molecule has 0 N–H and O–H groups in total. The maximum atomic E-state index is 13.0. The van der Waals surface area contributed by atoms with Gasteiger partial charge in [0.2, 0.25) is 5.91 Å². The molecular formula is C23H27FN2O3. The van der Waals surface area contributed by atoms with Gasteiger partial charge in [0.05, 0.1) is 13.2 Å². The summed E-state index contributed by atoms with van der Waals surface area (Å²) in [4.78, 5) is 29.0. The van der Waals surface area contributed by atoms with Crippen molar-refractivity contribution in [3.05, 3.63) is 65.5 Å². The van der Waals surface area contributed by atoms with Gasteiger partial charge in [0.1, 0.15) is 11.6 Å². The Morgan fingerprint density at radius 1 is 1.10 bits per heavy atom. The van der Waals surface area contributed by atoms with Crippen LogP contribution in [0.5, 0.6) is 5.75 Å². The average molecular weight is 398 g/mol. The molecule has 1 saturated heterocycles. The van der Waals surface area contributed by atoms with Crippen LogP contribution >= 0.6 is 0 Å². The maximum Gasteiger partial charge on any atom is 0.222 e. The molecule has 5 nitrogen and oxygen atoms in total. The molecule has 1 fully saturated rings. The molecule has 3 rings (SSSR count). The van der Waals surface area contributed by atoms with Crippen molar-refractivity contribution in [2.24, 2.45) is 0 Å².